The second-order valence-corrected chi connectivity index (χ2v) is 5.94. The molecule has 2 aromatic carbocycles. The topological polar surface area (TPSA) is 38.3 Å². The molecule has 1 N–H and O–H groups in total. The third-order valence-corrected chi connectivity index (χ3v) is 4.05. The van der Waals surface area contributed by atoms with Gasteiger partial charge in [0.25, 0.3) is 5.91 Å². The Hall–Kier alpha value is -1.71. The van der Waals surface area contributed by atoms with Crippen molar-refractivity contribution in [3.05, 3.63) is 57.6 Å². The molecule has 0 aliphatic rings. The summed E-state index contributed by atoms with van der Waals surface area (Å²) in [6.07, 6.45) is -0.629. The van der Waals surface area contributed by atoms with E-state index in [2.05, 4.69) is 5.32 Å². The summed E-state index contributed by atoms with van der Waals surface area (Å²) >= 11 is 11.9. The summed E-state index contributed by atoms with van der Waals surface area (Å²) in [4.78, 5) is 12.1. The highest BCUT2D eigenvalue weighted by molar-refractivity contribution is 6.32. The molecule has 0 heterocycles. The predicted molar refractivity (Wildman–Crippen MR) is 91.1 cm³/mol. The second kappa shape index (κ2) is 7.03. The molecule has 0 saturated carbocycles. The first-order chi connectivity index (χ1) is 10.4. The monoisotopic (exact) mass is 337 g/mol. The number of ether oxygens (including phenoxy) is 1. The zero-order valence-corrected chi connectivity index (χ0v) is 14.1. The molecule has 1 amide bonds. The molecule has 0 saturated heterocycles. The van der Waals surface area contributed by atoms with Gasteiger partial charge in [0.2, 0.25) is 0 Å². The van der Waals surface area contributed by atoms with Gasteiger partial charge in [-0.1, -0.05) is 23.2 Å². The SMILES string of the molecule is Cc1cc(OC(C)C(=O)Nc2ccc(Cl)cc2)cc(C)c1Cl. The fourth-order valence-electron chi connectivity index (χ4n) is 2.01. The smallest absolute Gasteiger partial charge is 0.265 e. The predicted octanol–water partition coefficient (Wildman–Crippen LogP) is 5.02. The first kappa shape index (κ1) is 16.7. The van der Waals surface area contributed by atoms with E-state index in [0.717, 1.165) is 11.1 Å². The molecule has 3 nitrogen and oxygen atoms in total. The van der Waals surface area contributed by atoms with Crippen LogP contribution in [-0.4, -0.2) is 12.0 Å². The molecule has 1 atom stereocenters. The second-order valence-electron chi connectivity index (χ2n) is 5.13. The van der Waals surface area contributed by atoms with Crippen molar-refractivity contribution in [1.82, 2.24) is 0 Å². The Bertz CT molecular complexity index is 661. The summed E-state index contributed by atoms with van der Waals surface area (Å²) in [6, 6.07) is 10.6. The first-order valence-electron chi connectivity index (χ1n) is 6.86. The normalized spacial score (nSPS) is 11.9. The van der Waals surface area contributed by atoms with Crippen LogP contribution in [0.5, 0.6) is 5.75 Å². The number of carbonyl (C=O) groups is 1. The van der Waals surface area contributed by atoms with Crippen LogP contribution in [-0.2, 0) is 4.79 Å². The van der Waals surface area contributed by atoms with Gasteiger partial charge in [0.1, 0.15) is 5.75 Å². The zero-order chi connectivity index (χ0) is 16.3. The van der Waals surface area contributed by atoms with Crippen molar-refractivity contribution >= 4 is 34.8 Å². The molecule has 0 aliphatic carbocycles. The number of aryl methyl sites for hydroxylation is 2. The summed E-state index contributed by atoms with van der Waals surface area (Å²) in [5.41, 5.74) is 2.51. The van der Waals surface area contributed by atoms with Crippen LogP contribution in [0.2, 0.25) is 10.0 Å². The maximum atomic E-state index is 12.1. The molecule has 0 fully saturated rings. The lowest BCUT2D eigenvalue weighted by Gasteiger charge is -2.16. The Balaban J connectivity index is 2.03. The molecule has 2 aromatic rings. The highest BCUT2D eigenvalue weighted by Crippen LogP contribution is 2.26. The Labute approximate surface area is 140 Å². The standard InChI is InChI=1S/C17H17Cl2NO2/c1-10-8-15(9-11(2)16(10)19)22-12(3)17(21)20-14-6-4-13(18)5-7-14/h4-9,12H,1-3H3,(H,20,21). The molecule has 2 rings (SSSR count). The maximum Gasteiger partial charge on any atom is 0.265 e. The quantitative estimate of drug-likeness (QED) is 0.850. The number of benzene rings is 2. The minimum absolute atomic E-state index is 0.229. The lowest BCUT2D eigenvalue weighted by Crippen LogP contribution is -2.30. The van der Waals surface area contributed by atoms with Gasteiger partial charge in [-0.2, -0.15) is 0 Å². The van der Waals surface area contributed by atoms with Crippen LogP contribution in [0.25, 0.3) is 0 Å². The molecule has 1 unspecified atom stereocenters. The Morgan fingerprint density at radius 3 is 2.18 bits per heavy atom. The average Bonchev–Trinajstić information content (AvgIpc) is 2.47. The van der Waals surface area contributed by atoms with E-state index in [1.807, 2.05) is 26.0 Å². The van der Waals surface area contributed by atoms with Crippen molar-refractivity contribution in [1.29, 1.82) is 0 Å². The van der Waals surface area contributed by atoms with Crippen molar-refractivity contribution in [3.63, 3.8) is 0 Å². The zero-order valence-electron chi connectivity index (χ0n) is 12.6. The Morgan fingerprint density at radius 2 is 1.64 bits per heavy atom. The summed E-state index contributed by atoms with van der Waals surface area (Å²) in [7, 11) is 0. The number of rotatable bonds is 4. The lowest BCUT2D eigenvalue weighted by molar-refractivity contribution is -0.122. The molecular formula is C17H17Cl2NO2. The number of carbonyl (C=O) groups excluding carboxylic acids is 1. The number of halogens is 2. The number of hydrogen-bond donors (Lipinski definition) is 1. The van der Waals surface area contributed by atoms with E-state index >= 15 is 0 Å². The van der Waals surface area contributed by atoms with E-state index in [1.165, 1.54) is 0 Å². The minimum atomic E-state index is -0.629. The highest BCUT2D eigenvalue weighted by Gasteiger charge is 2.16. The summed E-state index contributed by atoms with van der Waals surface area (Å²) in [5.74, 6) is 0.394. The summed E-state index contributed by atoms with van der Waals surface area (Å²) < 4.78 is 5.69. The van der Waals surface area contributed by atoms with E-state index in [0.29, 0.717) is 21.5 Å². The van der Waals surface area contributed by atoms with Gasteiger partial charge in [-0.15, -0.1) is 0 Å². The third kappa shape index (κ3) is 4.15. The van der Waals surface area contributed by atoms with Gasteiger partial charge in [0.15, 0.2) is 6.10 Å². The Morgan fingerprint density at radius 1 is 1.09 bits per heavy atom. The fraction of sp³-hybridized carbons (Fsp3) is 0.235. The Kier molecular flexibility index (Phi) is 5.33. The van der Waals surface area contributed by atoms with Crippen molar-refractivity contribution in [2.75, 3.05) is 5.32 Å². The van der Waals surface area contributed by atoms with Crippen LogP contribution in [0.15, 0.2) is 36.4 Å². The van der Waals surface area contributed by atoms with E-state index in [1.54, 1.807) is 31.2 Å². The molecule has 0 radical (unpaired) electrons. The van der Waals surface area contributed by atoms with Gasteiger partial charge >= 0.3 is 0 Å². The fourth-order valence-corrected chi connectivity index (χ4v) is 2.24. The van der Waals surface area contributed by atoms with Crippen molar-refractivity contribution in [2.24, 2.45) is 0 Å². The molecule has 0 bridgehead atoms. The lowest BCUT2D eigenvalue weighted by atomic mass is 10.1. The van der Waals surface area contributed by atoms with Gasteiger partial charge in [-0.25, -0.2) is 0 Å². The minimum Gasteiger partial charge on any atom is -0.481 e. The van der Waals surface area contributed by atoms with Gasteiger partial charge in [0.05, 0.1) is 0 Å². The van der Waals surface area contributed by atoms with Crippen molar-refractivity contribution in [3.8, 4) is 5.75 Å². The highest BCUT2D eigenvalue weighted by atomic mass is 35.5. The number of anilines is 1. The van der Waals surface area contributed by atoms with Crippen LogP contribution >= 0.6 is 23.2 Å². The number of nitrogens with one attached hydrogen (secondary N) is 1. The molecule has 22 heavy (non-hydrogen) atoms. The summed E-state index contributed by atoms with van der Waals surface area (Å²) in [5, 5.41) is 4.11. The number of amides is 1. The molecule has 5 heteroatoms. The molecular weight excluding hydrogens is 321 g/mol. The summed E-state index contributed by atoms with van der Waals surface area (Å²) in [6.45, 7) is 5.51. The molecule has 0 spiro atoms. The van der Waals surface area contributed by atoms with Crippen molar-refractivity contribution in [2.45, 2.75) is 26.9 Å². The maximum absolute atomic E-state index is 12.1. The van der Waals surface area contributed by atoms with Crippen molar-refractivity contribution < 1.29 is 9.53 Å². The molecule has 0 aromatic heterocycles. The van der Waals surface area contributed by atoms with E-state index in [-0.39, 0.29) is 5.91 Å². The van der Waals surface area contributed by atoms with Gasteiger partial charge in [0, 0.05) is 15.7 Å². The van der Waals surface area contributed by atoms with Crippen LogP contribution in [0.3, 0.4) is 0 Å². The molecule has 0 aliphatic heterocycles. The van der Waals surface area contributed by atoms with Gasteiger partial charge in [-0.3, -0.25) is 4.79 Å². The van der Waals surface area contributed by atoms with E-state index in [9.17, 15) is 4.79 Å². The number of hydrogen-bond acceptors (Lipinski definition) is 2. The van der Waals surface area contributed by atoms with Gasteiger partial charge < -0.3 is 10.1 Å². The average molecular weight is 338 g/mol. The molecule has 116 valence electrons. The largest absolute Gasteiger partial charge is 0.481 e. The van der Waals surface area contributed by atoms with E-state index < -0.39 is 6.10 Å². The van der Waals surface area contributed by atoms with Gasteiger partial charge in [-0.05, 0) is 68.3 Å². The van der Waals surface area contributed by atoms with E-state index in [4.69, 9.17) is 27.9 Å². The first-order valence-corrected chi connectivity index (χ1v) is 7.62. The van der Waals surface area contributed by atoms with Crippen LogP contribution in [0, 0.1) is 13.8 Å². The van der Waals surface area contributed by atoms with Crippen LogP contribution < -0.4 is 10.1 Å². The van der Waals surface area contributed by atoms with Crippen LogP contribution in [0.4, 0.5) is 5.69 Å². The third-order valence-electron chi connectivity index (χ3n) is 3.20. The van der Waals surface area contributed by atoms with Crippen LogP contribution in [0.1, 0.15) is 18.1 Å².